The van der Waals surface area contributed by atoms with Crippen molar-refractivity contribution in [2.24, 2.45) is 16.0 Å². The van der Waals surface area contributed by atoms with E-state index in [0.29, 0.717) is 19.3 Å². The van der Waals surface area contributed by atoms with Gasteiger partial charge in [-0.1, -0.05) is 30.3 Å². The fraction of sp³-hybridized carbons (Fsp3) is 0.476. The highest BCUT2D eigenvalue weighted by Gasteiger charge is 2.41. The number of rotatable bonds is 9. The second-order valence-corrected chi connectivity index (χ2v) is 9.37. The lowest BCUT2D eigenvalue weighted by atomic mass is 9.86. The summed E-state index contributed by atoms with van der Waals surface area (Å²) in [4.78, 5) is 10.6. The SMILES string of the molecule is N#CC1CC=C(c2ccc(C(CCS(=O)(=O)N=CC[C@H](N)C(=O)O)C(F)(F)F)cc2)CC1. The number of carboxylic acid groups (broad SMARTS) is 1. The van der Waals surface area contributed by atoms with Crippen molar-refractivity contribution in [3.05, 3.63) is 41.5 Å². The summed E-state index contributed by atoms with van der Waals surface area (Å²) >= 11 is 0. The molecule has 1 aliphatic carbocycles. The number of nitrogens with zero attached hydrogens (tertiary/aromatic N) is 2. The molecule has 2 rings (SSSR count). The topological polar surface area (TPSA) is 134 Å². The number of allylic oxidation sites excluding steroid dienone is 2. The first-order chi connectivity index (χ1) is 14.9. The summed E-state index contributed by atoms with van der Waals surface area (Å²) in [5.74, 6) is -4.23. The number of carboxylic acids is 1. The fourth-order valence-corrected chi connectivity index (χ4v) is 4.31. The van der Waals surface area contributed by atoms with Gasteiger partial charge >= 0.3 is 12.1 Å². The fourth-order valence-electron chi connectivity index (χ4n) is 3.35. The Bertz CT molecular complexity index is 1010. The summed E-state index contributed by atoms with van der Waals surface area (Å²) in [5, 5.41) is 17.6. The Morgan fingerprint density at radius 1 is 1.34 bits per heavy atom. The van der Waals surface area contributed by atoms with E-state index in [2.05, 4.69) is 10.5 Å². The first kappa shape index (κ1) is 25.5. The van der Waals surface area contributed by atoms with Crippen LogP contribution in [0.25, 0.3) is 5.57 Å². The lowest BCUT2D eigenvalue weighted by Gasteiger charge is -2.21. The van der Waals surface area contributed by atoms with Crippen molar-refractivity contribution in [2.45, 2.75) is 50.2 Å². The predicted molar refractivity (Wildman–Crippen MR) is 113 cm³/mol. The molecule has 7 nitrogen and oxygen atoms in total. The molecule has 11 heteroatoms. The maximum absolute atomic E-state index is 13.6. The lowest BCUT2D eigenvalue weighted by Crippen LogP contribution is -2.30. The molecule has 0 amide bonds. The van der Waals surface area contributed by atoms with E-state index in [1.54, 1.807) is 12.1 Å². The van der Waals surface area contributed by atoms with Crippen LogP contribution in [0.2, 0.25) is 0 Å². The molecule has 0 spiro atoms. The monoisotopic (exact) mass is 471 g/mol. The molecule has 32 heavy (non-hydrogen) atoms. The third-order valence-corrected chi connectivity index (χ3v) is 6.47. The van der Waals surface area contributed by atoms with E-state index < -0.39 is 46.3 Å². The normalized spacial score (nSPS) is 19.2. The van der Waals surface area contributed by atoms with Crippen LogP contribution in [0.5, 0.6) is 0 Å². The Labute approximate surface area is 184 Å². The number of benzene rings is 1. The number of alkyl halides is 3. The number of aliphatic carboxylic acids is 1. The van der Waals surface area contributed by atoms with Crippen molar-refractivity contribution in [1.82, 2.24) is 0 Å². The second-order valence-electron chi connectivity index (χ2n) is 7.59. The van der Waals surface area contributed by atoms with Gasteiger partial charge in [-0.25, -0.2) is 8.42 Å². The highest BCUT2D eigenvalue weighted by Crippen LogP contribution is 2.39. The number of hydrogen-bond donors (Lipinski definition) is 2. The summed E-state index contributed by atoms with van der Waals surface area (Å²) in [5.41, 5.74) is 6.92. The van der Waals surface area contributed by atoms with Gasteiger partial charge in [-0.05, 0) is 42.4 Å². The highest BCUT2D eigenvalue weighted by atomic mass is 32.2. The standard InChI is InChI=1S/C21H24F3N3O4S/c22-21(23,24)18(10-12-32(30,31)27-11-9-19(26)20(28)29)17-7-5-16(6-8-17)15-3-1-14(13-25)2-4-15/h3,5-8,11,14,18-19H,1-2,4,9-10,12,26H2,(H,28,29)/t14?,18?,19-/m0/s1. The first-order valence-corrected chi connectivity index (χ1v) is 11.5. The summed E-state index contributed by atoms with van der Waals surface area (Å²) in [7, 11) is -4.21. The number of carbonyl (C=O) groups is 1. The van der Waals surface area contributed by atoms with Crippen LogP contribution in [0.15, 0.2) is 34.7 Å². The van der Waals surface area contributed by atoms with Crippen molar-refractivity contribution in [1.29, 1.82) is 5.26 Å². The van der Waals surface area contributed by atoms with Crippen molar-refractivity contribution in [3.63, 3.8) is 0 Å². The highest BCUT2D eigenvalue weighted by molar-refractivity contribution is 7.90. The molecular weight excluding hydrogens is 447 g/mol. The van der Waals surface area contributed by atoms with Crippen molar-refractivity contribution >= 4 is 27.8 Å². The maximum Gasteiger partial charge on any atom is 0.395 e. The quantitative estimate of drug-likeness (QED) is 0.528. The van der Waals surface area contributed by atoms with E-state index in [1.807, 2.05) is 6.08 Å². The zero-order valence-corrected chi connectivity index (χ0v) is 17.9. The molecule has 3 atom stereocenters. The molecule has 1 aromatic rings. The van der Waals surface area contributed by atoms with Gasteiger partial charge in [0.05, 0.1) is 23.7 Å². The molecule has 174 valence electrons. The number of sulfonamides is 1. The number of nitriles is 1. The van der Waals surface area contributed by atoms with Crippen LogP contribution in [0.1, 0.15) is 49.1 Å². The van der Waals surface area contributed by atoms with Crippen LogP contribution in [0.3, 0.4) is 0 Å². The molecule has 1 aromatic carbocycles. The average Bonchev–Trinajstić information content (AvgIpc) is 2.73. The van der Waals surface area contributed by atoms with Crippen molar-refractivity contribution in [3.8, 4) is 6.07 Å². The first-order valence-electron chi connectivity index (χ1n) is 9.93. The van der Waals surface area contributed by atoms with E-state index in [9.17, 15) is 26.4 Å². The third kappa shape index (κ3) is 7.46. The molecule has 0 radical (unpaired) electrons. The van der Waals surface area contributed by atoms with E-state index in [4.69, 9.17) is 16.1 Å². The number of hydrogen-bond acceptors (Lipinski definition) is 5. The zero-order valence-electron chi connectivity index (χ0n) is 17.1. The summed E-state index contributed by atoms with van der Waals surface area (Å²) in [6, 6.07) is 6.69. The minimum atomic E-state index is -4.66. The van der Waals surface area contributed by atoms with E-state index in [-0.39, 0.29) is 17.9 Å². The van der Waals surface area contributed by atoms with Gasteiger partial charge in [-0.15, -0.1) is 0 Å². The van der Waals surface area contributed by atoms with Crippen molar-refractivity contribution in [2.75, 3.05) is 5.75 Å². The minimum absolute atomic E-state index is 0.0443. The van der Waals surface area contributed by atoms with Crippen LogP contribution < -0.4 is 5.73 Å². The minimum Gasteiger partial charge on any atom is -0.480 e. The average molecular weight is 472 g/mol. The van der Waals surface area contributed by atoms with Crippen molar-refractivity contribution < 1.29 is 31.5 Å². The van der Waals surface area contributed by atoms with Gasteiger partial charge in [-0.3, -0.25) is 4.79 Å². The Hall–Kier alpha value is -2.71. The van der Waals surface area contributed by atoms with Crippen LogP contribution >= 0.6 is 0 Å². The molecule has 0 saturated carbocycles. The molecule has 0 aliphatic heterocycles. The smallest absolute Gasteiger partial charge is 0.395 e. The summed E-state index contributed by atoms with van der Waals surface area (Å²) < 4.78 is 68.0. The lowest BCUT2D eigenvalue weighted by molar-refractivity contribution is -0.150. The van der Waals surface area contributed by atoms with E-state index in [0.717, 1.165) is 17.4 Å². The van der Waals surface area contributed by atoms with E-state index in [1.165, 1.54) is 12.1 Å². The van der Waals surface area contributed by atoms with Crippen LogP contribution in [-0.4, -0.2) is 43.7 Å². The molecule has 2 unspecified atom stereocenters. The number of nitrogens with two attached hydrogens (primary N) is 1. The molecule has 0 heterocycles. The zero-order chi connectivity index (χ0) is 23.9. The molecule has 3 N–H and O–H groups in total. The summed E-state index contributed by atoms with van der Waals surface area (Å²) in [6.07, 6.45) is -1.05. The van der Waals surface area contributed by atoms with Gasteiger partial charge in [0.2, 0.25) is 0 Å². The van der Waals surface area contributed by atoms with Gasteiger partial charge < -0.3 is 10.8 Å². The van der Waals surface area contributed by atoms with Crippen LogP contribution in [0, 0.1) is 17.2 Å². The Balaban J connectivity index is 2.09. The van der Waals surface area contributed by atoms with Gasteiger partial charge in [0.15, 0.2) is 0 Å². The maximum atomic E-state index is 13.6. The largest absolute Gasteiger partial charge is 0.480 e. The van der Waals surface area contributed by atoms with Crippen LogP contribution in [0.4, 0.5) is 13.2 Å². The second kappa shape index (κ2) is 10.7. The molecule has 0 aromatic heterocycles. The van der Waals surface area contributed by atoms with Gasteiger partial charge in [-0.2, -0.15) is 22.8 Å². The third-order valence-electron chi connectivity index (χ3n) is 5.25. The molecule has 0 saturated heterocycles. The van der Waals surface area contributed by atoms with Gasteiger partial charge in [0.25, 0.3) is 10.0 Å². The van der Waals surface area contributed by atoms with Gasteiger partial charge in [0.1, 0.15) is 6.04 Å². The predicted octanol–water partition coefficient (Wildman–Crippen LogP) is 3.63. The van der Waals surface area contributed by atoms with Crippen LogP contribution in [-0.2, 0) is 14.8 Å². The van der Waals surface area contributed by atoms with E-state index >= 15 is 0 Å². The van der Waals surface area contributed by atoms with Gasteiger partial charge in [0, 0.05) is 12.6 Å². The summed E-state index contributed by atoms with van der Waals surface area (Å²) in [6.45, 7) is 0. The number of halogens is 3. The molecular formula is C21H24F3N3O4S. The Morgan fingerprint density at radius 3 is 2.50 bits per heavy atom. The Kier molecular flexibility index (Phi) is 8.58. The Morgan fingerprint density at radius 2 is 2.00 bits per heavy atom. The molecule has 0 bridgehead atoms. The molecule has 0 fully saturated rings. The molecule has 1 aliphatic rings.